The van der Waals surface area contributed by atoms with E-state index in [9.17, 15) is 14.4 Å². The van der Waals surface area contributed by atoms with Crippen molar-refractivity contribution in [1.82, 2.24) is 5.32 Å². The van der Waals surface area contributed by atoms with Crippen LogP contribution in [-0.4, -0.2) is 24.5 Å². The van der Waals surface area contributed by atoms with Gasteiger partial charge in [0.15, 0.2) is 0 Å². The maximum atomic E-state index is 12.9. The molecule has 0 radical (unpaired) electrons. The fourth-order valence-electron chi connectivity index (χ4n) is 2.54. The van der Waals surface area contributed by atoms with E-state index >= 15 is 0 Å². The Morgan fingerprint density at radius 3 is 2.63 bits per heavy atom. The Kier molecular flexibility index (Phi) is 5.38. The van der Waals surface area contributed by atoms with E-state index in [1.165, 1.54) is 12.1 Å². The minimum absolute atomic E-state index is 0.191. The molecule has 0 atom stereocenters. The predicted octanol–water partition coefficient (Wildman–Crippen LogP) is 3.57. The first kappa shape index (κ1) is 18.4. The largest absolute Gasteiger partial charge is 0.489 e. The summed E-state index contributed by atoms with van der Waals surface area (Å²) in [5.74, 6) is -1.04. The van der Waals surface area contributed by atoms with Crippen LogP contribution in [0.2, 0.25) is 5.02 Å². The van der Waals surface area contributed by atoms with Crippen LogP contribution in [0.5, 0.6) is 5.75 Å². The zero-order chi connectivity index (χ0) is 19.4. The summed E-state index contributed by atoms with van der Waals surface area (Å²) >= 11 is 5.95. The number of carbonyl (C=O) groups excluding carboxylic acids is 3. The second-order valence-corrected chi connectivity index (χ2v) is 6.01. The van der Waals surface area contributed by atoms with Gasteiger partial charge in [-0.3, -0.25) is 14.9 Å². The van der Waals surface area contributed by atoms with Crippen LogP contribution in [0, 0.1) is 0 Å². The highest BCUT2D eigenvalue weighted by Crippen LogP contribution is 2.26. The predicted molar refractivity (Wildman–Crippen MR) is 103 cm³/mol. The lowest BCUT2D eigenvalue weighted by molar-refractivity contribution is -0.122. The average molecular weight is 383 g/mol. The Morgan fingerprint density at radius 2 is 1.89 bits per heavy atom. The van der Waals surface area contributed by atoms with E-state index < -0.39 is 17.8 Å². The normalized spacial score (nSPS) is 15.7. The number of carbonyl (C=O) groups is 3. The Labute approximate surface area is 160 Å². The summed E-state index contributed by atoms with van der Waals surface area (Å²) in [5, 5.41) is 2.53. The highest BCUT2D eigenvalue weighted by atomic mass is 35.5. The van der Waals surface area contributed by atoms with E-state index in [2.05, 4.69) is 11.9 Å². The highest BCUT2D eigenvalue weighted by molar-refractivity contribution is 6.39. The van der Waals surface area contributed by atoms with Gasteiger partial charge in [0.05, 0.1) is 5.69 Å². The molecule has 0 aliphatic carbocycles. The van der Waals surface area contributed by atoms with E-state index in [-0.39, 0.29) is 17.9 Å². The van der Waals surface area contributed by atoms with Gasteiger partial charge in [0, 0.05) is 10.6 Å². The first-order chi connectivity index (χ1) is 13.0. The molecule has 7 heteroatoms. The summed E-state index contributed by atoms with van der Waals surface area (Å²) in [6.45, 7) is 3.86. The maximum absolute atomic E-state index is 12.9. The lowest BCUT2D eigenvalue weighted by Gasteiger charge is -2.26. The van der Waals surface area contributed by atoms with Gasteiger partial charge >= 0.3 is 6.03 Å². The molecule has 1 aliphatic rings. The molecule has 0 saturated carbocycles. The molecule has 1 N–H and O–H groups in total. The van der Waals surface area contributed by atoms with Crippen LogP contribution in [0.4, 0.5) is 10.5 Å². The highest BCUT2D eigenvalue weighted by Gasteiger charge is 2.37. The second-order valence-electron chi connectivity index (χ2n) is 5.58. The Bertz CT molecular complexity index is 968. The van der Waals surface area contributed by atoms with Gasteiger partial charge in [-0.05, 0) is 30.3 Å². The van der Waals surface area contributed by atoms with Crippen molar-refractivity contribution >= 4 is 41.2 Å². The second kappa shape index (κ2) is 7.88. The van der Waals surface area contributed by atoms with Crippen LogP contribution in [0.1, 0.15) is 5.56 Å². The number of hydrogen-bond donors (Lipinski definition) is 1. The summed E-state index contributed by atoms with van der Waals surface area (Å²) in [4.78, 5) is 38.2. The van der Waals surface area contributed by atoms with Crippen molar-refractivity contribution in [1.29, 1.82) is 0 Å². The Balaban J connectivity index is 2.01. The van der Waals surface area contributed by atoms with Crippen LogP contribution < -0.4 is 15.0 Å². The number of anilines is 1. The molecule has 0 aromatic heterocycles. The monoisotopic (exact) mass is 382 g/mol. The van der Waals surface area contributed by atoms with Crippen molar-refractivity contribution in [2.24, 2.45) is 0 Å². The van der Waals surface area contributed by atoms with Crippen molar-refractivity contribution in [3.8, 4) is 5.75 Å². The third kappa shape index (κ3) is 3.91. The molecule has 2 aromatic rings. The number of ether oxygens (including phenoxy) is 1. The molecular formula is C20H15ClN2O4. The topological polar surface area (TPSA) is 75.7 Å². The van der Waals surface area contributed by atoms with Gasteiger partial charge in [-0.25, -0.2) is 9.69 Å². The van der Waals surface area contributed by atoms with Crippen molar-refractivity contribution in [2.75, 3.05) is 11.5 Å². The molecule has 0 unspecified atom stereocenters. The van der Waals surface area contributed by atoms with E-state index in [4.69, 9.17) is 16.3 Å². The van der Waals surface area contributed by atoms with Gasteiger partial charge in [0.25, 0.3) is 11.8 Å². The van der Waals surface area contributed by atoms with Crippen molar-refractivity contribution in [3.63, 3.8) is 0 Å². The molecule has 1 saturated heterocycles. The van der Waals surface area contributed by atoms with Gasteiger partial charge in [0.2, 0.25) is 0 Å². The number of nitrogens with one attached hydrogen (secondary N) is 1. The van der Waals surface area contributed by atoms with Gasteiger partial charge in [0.1, 0.15) is 17.9 Å². The van der Waals surface area contributed by atoms with E-state index in [1.54, 1.807) is 48.5 Å². The molecule has 1 fully saturated rings. The molecular weight excluding hydrogens is 368 g/mol. The number of barbiturate groups is 1. The molecule has 0 spiro atoms. The smallest absolute Gasteiger partial charge is 0.335 e. The molecule has 0 bridgehead atoms. The SMILES string of the molecule is C=CCOc1ccccc1/C=C1\C(=O)NC(=O)N(c2cccc(Cl)c2)C1=O. The third-order valence-electron chi connectivity index (χ3n) is 3.74. The molecule has 6 nitrogen and oxygen atoms in total. The van der Waals surface area contributed by atoms with Crippen LogP contribution in [-0.2, 0) is 9.59 Å². The Morgan fingerprint density at radius 1 is 1.11 bits per heavy atom. The first-order valence-electron chi connectivity index (χ1n) is 8.01. The van der Waals surface area contributed by atoms with Crippen LogP contribution >= 0.6 is 11.6 Å². The Hall–Kier alpha value is -3.38. The molecule has 1 heterocycles. The van der Waals surface area contributed by atoms with Gasteiger partial charge in [-0.1, -0.05) is 48.5 Å². The summed E-state index contributed by atoms with van der Waals surface area (Å²) in [6, 6.07) is 12.3. The number of nitrogens with zero attached hydrogens (tertiary/aromatic N) is 1. The number of hydrogen-bond acceptors (Lipinski definition) is 4. The number of amides is 4. The lowest BCUT2D eigenvalue weighted by Crippen LogP contribution is -2.54. The molecule has 2 aromatic carbocycles. The number of halogens is 1. The van der Waals surface area contributed by atoms with E-state index in [0.29, 0.717) is 16.3 Å². The van der Waals surface area contributed by atoms with Crippen LogP contribution in [0.3, 0.4) is 0 Å². The molecule has 3 rings (SSSR count). The number of urea groups is 1. The zero-order valence-electron chi connectivity index (χ0n) is 14.1. The van der Waals surface area contributed by atoms with Crippen molar-refractivity contribution in [3.05, 3.63) is 77.3 Å². The van der Waals surface area contributed by atoms with Crippen molar-refractivity contribution < 1.29 is 19.1 Å². The van der Waals surface area contributed by atoms with E-state index in [0.717, 1.165) is 4.90 Å². The molecule has 4 amide bonds. The number of para-hydroxylation sites is 1. The molecule has 136 valence electrons. The first-order valence-corrected chi connectivity index (χ1v) is 8.39. The van der Waals surface area contributed by atoms with Gasteiger partial charge < -0.3 is 4.74 Å². The average Bonchev–Trinajstić information content (AvgIpc) is 2.64. The lowest BCUT2D eigenvalue weighted by atomic mass is 10.1. The summed E-state index contributed by atoms with van der Waals surface area (Å²) in [5.41, 5.74) is 0.599. The fraction of sp³-hybridized carbons (Fsp3) is 0.0500. The third-order valence-corrected chi connectivity index (χ3v) is 3.98. The minimum Gasteiger partial charge on any atom is -0.489 e. The summed E-state index contributed by atoms with van der Waals surface area (Å²) in [6.07, 6.45) is 2.97. The standard InChI is InChI=1S/C20H15ClN2O4/c1-2-10-27-17-9-4-3-6-13(17)11-16-18(24)22-20(26)23(19(16)25)15-8-5-7-14(21)12-15/h2-9,11-12H,1,10H2,(H,22,24,26)/b16-11+. The minimum atomic E-state index is -0.833. The summed E-state index contributed by atoms with van der Waals surface area (Å²) < 4.78 is 5.54. The molecule has 27 heavy (non-hydrogen) atoms. The van der Waals surface area contributed by atoms with Crippen LogP contribution in [0.25, 0.3) is 6.08 Å². The zero-order valence-corrected chi connectivity index (χ0v) is 14.9. The van der Waals surface area contributed by atoms with Crippen LogP contribution in [0.15, 0.2) is 66.8 Å². The van der Waals surface area contributed by atoms with E-state index in [1.807, 2.05) is 0 Å². The quantitative estimate of drug-likeness (QED) is 0.487. The number of imide groups is 2. The maximum Gasteiger partial charge on any atom is 0.335 e. The van der Waals surface area contributed by atoms with Gasteiger partial charge in [-0.2, -0.15) is 0 Å². The summed E-state index contributed by atoms with van der Waals surface area (Å²) in [7, 11) is 0. The fourth-order valence-corrected chi connectivity index (χ4v) is 2.73. The molecule has 1 aliphatic heterocycles. The van der Waals surface area contributed by atoms with Crippen molar-refractivity contribution in [2.45, 2.75) is 0 Å². The number of rotatable bonds is 5. The van der Waals surface area contributed by atoms with Gasteiger partial charge in [-0.15, -0.1) is 0 Å². The number of benzene rings is 2.